The van der Waals surface area contributed by atoms with Crippen LogP contribution in [0, 0.1) is 0 Å². The monoisotopic (exact) mass is 196 g/mol. The van der Waals surface area contributed by atoms with Gasteiger partial charge in [0.1, 0.15) is 5.82 Å². The molecule has 0 aromatic carbocycles. The maximum atomic E-state index is 5.91. The first-order chi connectivity index (χ1) is 6.76. The lowest BCUT2D eigenvalue weighted by Gasteiger charge is -2.06. The fourth-order valence-corrected chi connectivity index (χ4v) is 1.48. The maximum Gasteiger partial charge on any atom is 0.150 e. The molecule has 1 rings (SSSR count). The predicted molar refractivity (Wildman–Crippen MR) is 57.0 cm³/mol. The molecular formula is C10H20N4. The van der Waals surface area contributed by atoms with Crippen molar-refractivity contribution in [3.05, 3.63) is 11.6 Å². The van der Waals surface area contributed by atoms with Crippen molar-refractivity contribution in [3.8, 4) is 0 Å². The summed E-state index contributed by atoms with van der Waals surface area (Å²) in [7, 11) is 0. The minimum Gasteiger partial charge on any atom is -0.327 e. The number of aromatic nitrogens is 3. The number of nitrogens with two attached hydrogens (primary N) is 1. The number of hydrogen-bond donors (Lipinski definition) is 2. The van der Waals surface area contributed by atoms with Gasteiger partial charge in [0, 0.05) is 18.9 Å². The molecule has 0 aliphatic heterocycles. The fraction of sp³-hybridized carbons (Fsp3) is 0.800. The van der Waals surface area contributed by atoms with Gasteiger partial charge in [-0.3, -0.25) is 5.10 Å². The molecule has 0 bridgehead atoms. The summed E-state index contributed by atoms with van der Waals surface area (Å²) in [6.45, 7) is 4.27. The van der Waals surface area contributed by atoms with Crippen LogP contribution in [0.2, 0.25) is 0 Å². The van der Waals surface area contributed by atoms with Gasteiger partial charge in [0.25, 0.3) is 0 Å². The third-order valence-electron chi connectivity index (χ3n) is 2.17. The number of H-pyrrole nitrogens is 1. The number of nitrogens with one attached hydrogen (secondary N) is 1. The van der Waals surface area contributed by atoms with Crippen LogP contribution in [-0.2, 0) is 12.8 Å². The van der Waals surface area contributed by atoms with Crippen molar-refractivity contribution in [2.24, 2.45) is 5.73 Å². The van der Waals surface area contributed by atoms with Crippen LogP contribution in [-0.4, -0.2) is 21.2 Å². The topological polar surface area (TPSA) is 67.6 Å². The predicted octanol–water partition coefficient (Wildman–Crippen LogP) is 1.43. The quantitative estimate of drug-likeness (QED) is 0.723. The second-order valence-corrected chi connectivity index (χ2v) is 3.70. The van der Waals surface area contributed by atoms with Crippen molar-refractivity contribution in [1.82, 2.24) is 15.2 Å². The highest BCUT2D eigenvalue weighted by Gasteiger charge is 2.07. The van der Waals surface area contributed by atoms with Gasteiger partial charge in [-0.15, -0.1) is 0 Å². The van der Waals surface area contributed by atoms with E-state index in [1.807, 2.05) is 0 Å². The normalized spacial score (nSPS) is 13.1. The van der Waals surface area contributed by atoms with Gasteiger partial charge in [0.15, 0.2) is 5.82 Å². The molecular weight excluding hydrogens is 176 g/mol. The van der Waals surface area contributed by atoms with E-state index < -0.39 is 0 Å². The Hall–Kier alpha value is -0.900. The molecule has 1 atom stereocenters. The van der Waals surface area contributed by atoms with Gasteiger partial charge in [0.2, 0.25) is 0 Å². The summed E-state index contributed by atoms with van der Waals surface area (Å²) in [5.74, 6) is 1.83. The molecule has 0 radical (unpaired) electrons. The molecule has 0 fully saturated rings. The molecule has 1 unspecified atom stereocenters. The summed E-state index contributed by atoms with van der Waals surface area (Å²) in [5, 5.41) is 7.07. The van der Waals surface area contributed by atoms with Crippen LogP contribution >= 0.6 is 0 Å². The van der Waals surface area contributed by atoms with E-state index in [-0.39, 0.29) is 6.04 Å². The molecule has 80 valence electrons. The van der Waals surface area contributed by atoms with Crippen LogP contribution in [0.4, 0.5) is 0 Å². The minimum absolute atomic E-state index is 0.211. The molecule has 4 heteroatoms. The standard InChI is InChI=1S/C10H20N4/c1-3-5-8(11)7-10-12-9(6-4-2)13-14-10/h8H,3-7,11H2,1-2H3,(H,12,13,14). The van der Waals surface area contributed by atoms with E-state index in [4.69, 9.17) is 5.73 Å². The van der Waals surface area contributed by atoms with E-state index in [1.54, 1.807) is 0 Å². The first kappa shape index (κ1) is 11.2. The maximum absolute atomic E-state index is 5.91. The summed E-state index contributed by atoms with van der Waals surface area (Å²) < 4.78 is 0. The van der Waals surface area contributed by atoms with Gasteiger partial charge >= 0.3 is 0 Å². The molecule has 1 aromatic heterocycles. The molecule has 4 nitrogen and oxygen atoms in total. The first-order valence-electron chi connectivity index (χ1n) is 5.42. The Morgan fingerprint density at radius 1 is 1.36 bits per heavy atom. The van der Waals surface area contributed by atoms with Gasteiger partial charge in [-0.25, -0.2) is 4.98 Å². The number of nitrogens with zero attached hydrogens (tertiary/aromatic N) is 2. The van der Waals surface area contributed by atoms with E-state index in [0.29, 0.717) is 0 Å². The molecule has 0 spiro atoms. The smallest absolute Gasteiger partial charge is 0.150 e. The molecule has 0 aliphatic carbocycles. The van der Waals surface area contributed by atoms with Crippen molar-refractivity contribution in [1.29, 1.82) is 0 Å². The lowest BCUT2D eigenvalue weighted by atomic mass is 10.1. The van der Waals surface area contributed by atoms with Crippen LogP contribution < -0.4 is 5.73 Å². The van der Waals surface area contributed by atoms with Crippen LogP contribution in [0.1, 0.15) is 44.8 Å². The second kappa shape index (κ2) is 5.75. The minimum atomic E-state index is 0.211. The van der Waals surface area contributed by atoms with Gasteiger partial charge in [-0.05, 0) is 12.8 Å². The number of aromatic amines is 1. The largest absolute Gasteiger partial charge is 0.327 e. The highest BCUT2D eigenvalue weighted by molar-refractivity contribution is 4.92. The highest BCUT2D eigenvalue weighted by Crippen LogP contribution is 2.02. The van der Waals surface area contributed by atoms with Crippen LogP contribution in [0.25, 0.3) is 0 Å². The van der Waals surface area contributed by atoms with Crippen LogP contribution in [0.5, 0.6) is 0 Å². The Balaban J connectivity index is 2.42. The van der Waals surface area contributed by atoms with Crippen molar-refractivity contribution >= 4 is 0 Å². The Morgan fingerprint density at radius 3 is 2.79 bits per heavy atom. The van der Waals surface area contributed by atoms with Gasteiger partial charge < -0.3 is 5.73 Å². The summed E-state index contributed by atoms with van der Waals surface area (Å²) >= 11 is 0. The lowest BCUT2D eigenvalue weighted by molar-refractivity contribution is 0.585. The van der Waals surface area contributed by atoms with Gasteiger partial charge in [-0.2, -0.15) is 5.10 Å². The van der Waals surface area contributed by atoms with Crippen LogP contribution in [0.15, 0.2) is 0 Å². The zero-order valence-corrected chi connectivity index (χ0v) is 9.08. The average Bonchev–Trinajstić information content (AvgIpc) is 2.53. The molecule has 0 amide bonds. The summed E-state index contributed by atoms with van der Waals surface area (Å²) in [5.41, 5.74) is 5.91. The van der Waals surface area contributed by atoms with Gasteiger partial charge in [0.05, 0.1) is 0 Å². The van der Waals surface area contributed by atoms with E-state index >= 15 is 0 Å². The third kappa shape index (κ3) is 3.46. The van der Waals surface area contributed by atoms with Crippen LogP contribution in [0.3, 0.4) is 0 Å². The molecule has 1 heterocycles. The molecule has 0 saturated carbocycles. The zero-order chi connectivity index (χ0) is 10.4. The number of rotatable bonds is 6. The summed E-state index contributed by atoms with van der Waals surface area (Å²) in [6.07, 6.45) is 5.00. The summed E-state index contributed by atoms with van der Waals surface area (Å²) in [4.78, 5) is 4.38. The van der Waals surface area contributed by atoms with Crippen molar-refractivity contribution in [2.45, 2.75) is 52.0 Å². The fourth-order valence-electron chi connectivity index (χ4n) is 1.48. The zero-order valence-electron chi connectivity index (χ0n) is 9.08. The third-order valence-corrected chi connectivity index (χ3v) is 2.17. The number of hydrogen-bond acceptors (Lipinski definition) is 3. The first-order valence-corrected chi connectivity index (χ1v) is 5.42. The Bertz CT molecular complexity index is 256. The molecule has 14 heavy (non-hydrogen) atoms. The van der Waals surface area contributed by atoms with E-state index in [9.17, 15) is 0 Å². The second-order valence-electron chi connectivity index (χ2n) is 3.70. The van der Waals surface area contributed by atoms with E-state index in [1.165, 1.54) is 0 Å². The molecule has 0 saturated heterocycles. The summed E-state index contributed by atoms with van der Waals surface area (Å²) in [6, 6.07) is 0.211. The molecule has 3 N–H and O–H groups in total. The van der Waals surface area contributed by atoms with E-state index in [2.05, 4.69) is 29.0 Å². The molecule has 0 aliphatic rings. The highest BCUT2D eigenvalue weighted by atomic mass is 15.2. The van der Waals surface area contributed by atoms with Crippen molar-refractivity contribution in [2.75, 3.05) is 0 Å². The van der Waals surface area contributed by atoms with Crippen molar-refractivity contribution < 1.29 is 0 Å². The van der Waals surface area contributed by atoms with E-state index in [0.717, 1.165) is 43.8 Å². The lowest BCUT2D eigenvalue weighted by Crippen LogP contribution is -2.22. The van der Waals surface area contributed by atoms with Crippen molar-refractivity contribution in [3.63, 3.8) is 0 Å². The Morgan fingerprint density at radius 2 is 2.14 bits per heavy atom. The molecule has 1 aromatic rings. The Kier molecular flexibility index (Phi) is 4.59. The van der Waals surface area contributed by atoms with Gasteiger partial charge in [-0.1, -0.05) is 20.3 Å². The average molecular weight is 196 g/mol. The SMILES string of the molecule is CCCc1n[nH]c(CC(N)CCC)n1. The Labute approximate surface area is 85.3 Å². The number of aryl methyl sites for hydroxylation is 1.